The molecule has 0 aromatic carbocycles. The molecule has 0 amide bonds. The Kier molecular flexibility index (Phi) is 5.14. The van der Waals surface area contributed by atoms with Crippen molar-refractivity contribution in [2.24, 2.45) is 5.92 Å². The van der Waals surface area contributed by atoms with Gasteiger partial charge in [-0.1, -0.05) is 13.8 Å². The number of rotatable bonds is 6. The number of aromatic carboxylic acids is 1. The first-order valence-electron chi connectivity index (χ1n) is 5.92. The lowest BCUT2D eigenvalue weighted by molar-refractivity contribution is 0.0689. The number of halogens is 2. The molecule has 19 heavy (non-hydrogen) atoms. The van der Waals surface area contributed by atoms with Gasteiger partial charge in [-0.25, -0.2) is 18.6 Å². The Balaban J connectivity index is 3.16. The molecule has 1 aromatic rings. The Bertz CT molecular complexity index is 512. The molecule has 0 spiro atoms. The van der Waals surface area contributed by atoms with Crippen LogP contribution in [0.4, 0.5) is 8.78 Å². The van der Waals surface area contributed by atoms with E-state index in [1.54, 1.807) is 0 Å². The first kappa shape index (κ1) is 15.3. The third kappa shape index (κ3) is 4.11. The summed E-state index contributed by atoms with van der Waals surface area (Å²) >= 11 is 0. The molecule has 0 radical (unpaired) electrons. The van der Waals surface area contributed by atoms with E-state index < -0.39 is 30.1 Å². The molecular formula is C12H16F2N2O3. The van der Waals surface area contributed by atoms with Gasteiger partial charge in [0.15, 0.2) is 0 Å². The minimum atomic E-state index is -2.73. The first-order valence-corrected chi connectivity index (χ1v) is 5.92. The number of carbonyl (C=O) groups is 1. The number of alkyl halides is 2. The van der Waals surface area contributed by atoms with Gasteiger partial charge in [0.2, 0.25) is 0 Å². The smallest absolute Gasteiger partial charge is 0.343 e. The fourth-order valence-corrected chi connectivity index (χ4v) is 1.63. The van der Waals surface area contributed by atoms with Crippen molar-refractivity contribution in [3.05, 3.63) is 27.9 Å². The molecule has 1 aromatic heterocycles. The Labute approximate surface area is 108 Å². The van der Waals surface area contributed by atoms with Gasteiger partial charge in [0.25, 0.3) is 12.0 Å². The monoisotopic (exact) mass is 274 g/mol. The summed E-state index contributed by atoms with van der Waals surface area (Å²) in [6, 6.07) is 0. The number of carboxylic acid groups (broad SMARTS) is 1. The van der Waals surface area contributed by atoms with Gasteiger partial charge in [-0.05, 0) is 18.8 Å². The highest BCUT2D eigenvalue weighted by atomic mass is 19.3. The van der Waals surface area contributed by atoms with Crippen LogP contribution in [0, 0.1) is 5.92 Å². The summed E-state index contributed by atoms with van der Waals surface area (Å²) < 4.78 is 25.1. The summed E-state index contributed by atoms with van der Waals surface area (Å²) in [7, 11) is 0. The molecule has 0 aliphatic rings. The van der Waals surface area contributed by atoms with Crippen LogP contribution in [-0.2, 0) is 13.0 Å². The molecule has 0 aliphatic heterocycles. The number of aryl methyl sites for hydroxylation is 1. The Morgan fingerprint density at radius 1 is 1.47 bits per heavy atom. The highest BCUT2D eigenvalue weighted by Crippen LogP contribution is 2.09. The van der Waals surface area contributed by atoms with E-state index in [4.69, 9.17) is 5.11 Å². The summed E-state index contributed by atoms with van der Waals surface area (Å²) in [6.45, 7) is 3.06. The van der Waals surface area contributed by atoms with Gasteiger partial charge in [0, 0.05) is 0 Å². The molecule has 0 bridgehead atoms. The highest BCUT2D eigenvalue weighted by Gasteiger charge is 2.19. The predicted molar refractivity (Wildman–Crippen MR) is 64.6 cm³/mol. The van der Waals surface area contributed by atoms with Gasteiger partial charge in [-0.2, -0.15) is 0 Å². The van der Waals surface area contributed by atoms with Crippen molar-refractivity contribution in [2.75, 3.05) is 0 Å². The molecule has 1 heterocycles. The van der Waals surface area contributed by atoms with Crippen molar-refractivity contribution in [3.8, 4) is 0 Å². The maximum atomic E-state index is 12.3. The van der Waals surface area contributed by atoms with Gasteiger partial charge >= 0.3 is 5.97 Å². The molecule has 0 fully saturated rings. The predicted octanol–water partition coefficient (Wildman–Crippen LogP) is 1.80. The number of carboxylic acids is 1. The lowest BCUT2D eigenvalue weighted by atomic mass is 10.0. The molecule has 0 aliphatic carbocycles. The molecule has 0 saturated carbocycles. The normalized spacial score (nSPS) is 11.3. The second kappa shape index (κ2) is 6.40. The second-order valence-electron chi connectivity index (χ2n) is 4.65. The largest absolute Gasteiger partial charge is 0.477 e. The maximum Gasteiger partial charge on any atom is 0.343 e. The van der Waals surface area contributed by atoms with Crippen LogP contribution in [0.1, 0.15) is 36.3 Å². The summed E-state index contributed by atoms with van der Waals surface area (Å²) in [5.41, 5.74) is -1.29. The Morgan fingerprint density at radius 2 is 2.11 bits per heavy atom. The lowest BCUT2D eigenvalue weighted by Crippen LogP contribution is -2.31. The minimum Gasteiger partial charge on any atom is -0.477 e. The summed E-state index contributed by atoms with van der Waals surface area (Å²) in [5.74, 6) is -1.10. The van der Waals surface area contributed by atoms with E-state index in [9.17, 15) is 18.4 Å². The van der Waals surface area contributed by atoms with Crippen LogP contribution < -0.4 is 5.56 Å². The van der Waals surface area contributed by atoms with Crippen LogP contribution in [-0.4, -0.2) is 27.1 Å². The molecular weight excluding hydrogens is 258 g/mol. The first-order chi connectivity index (χ1) is 8.82. The zero-order chi connectivity index (χ0) is 14.6. The zero-order valence-corrected chi connectivity index (χ0v) is 10.8. The summed E-state index contributed by atoms with van der Waals surface area (Å²) in [5, 5.41) is 9.03. The third-order valence-electron chi connectivity index (χ3n) is 2.62. The van der Waals surface area contributed by atoms with Crippen LogP contribution in [0.2, 0.25) is 0 Å². The quantitative estimate of drug-likeness (QED) is 0.858. The van der Waals surface area contributed by atoms with Crippen LogP contribution in [0.25, 0.3) is 0 Å². The molecule has 5 nitrogen and oxygen atoms in total. The molecule has 7 heteroatoms. The molecule has 1 rings (SSSR count). The minimum absolute atomic E-state index is 0.150. The summed E-state index contributed by atoms with van der Waals surface area (Å²) in [4.78, 5) is 26.7. The van der Waals surface area contributed by atoms with Crippen molar-refractivity contribution in [1.29, 1.82) is 0 Å². The zero-order valence-electron chi connectivity index (χ0n) is 10.8. The topological polar surface area (TPSA) is 72.2 Å². The van der Waals surface area contributed by atoms with E-state index in [1.165, 1.54) is 0 Å². The van der Waals surface area contributed by atoms with Crippen LogP contribution in [0.3, 0.4) is 0 Å². The van der Waals surface area contributed by atoms with E-state index in [-0.39, 0.29) is 5.69 Å². The van der Waals surface area contributed by atoms with E-state index in [1.807, 2.05) is 13.8 Å². The second-order valence-corrected chi connectivity index (χ2v) is 4.65. The van der Waals surface area contributed by atoms with Crippen molar-refractivity contribution in [3.63, 3.8) is 0 Å². The third-order valence-corrected chi connectivity index (χ3v) is 2.62. The van der Waals surface area contributed by atoms with Crippen molar-refractivity contribution >= 4 is 5.97 Å². The van der Waals surface area contributed by atoms with Crippen molar-refractivity contribution < 1.29 is 18.7 Å². The Morgan fingerprint density at radius 3 is 2.58 bits per heavy atom. The van der Waals surface area contributed by atoms with Gasteiger partial charge in [-0.3, -0.25) is 9.36 Å². The molecule has 0 saturated heterocycles. The van der Waals surface area contributed by atoms with E-state index in [0.717, 1.165) is 6.33 Å². The maximum absolute atomic E-state index is 12.3. The SMILES string of the molecule is CC(C)CCc1ncn(CC(F)F)c(=O)c1C(=O)O. The molecule has 0 unspecified atom stereocenters. The van der Waals surface area contributed by atoms with Gasteiger partial charge in [0.05, 0.1) is 18.6 Å². The number of hydrogen-bond acceptors (Lipinski definition) is 3. The summed E-state index contributed by atoms with van der Waals surface area (Å²) in [6.07, 6.45) is -0.741. The fourth-order valence-electron chi connectivity index (χ4n) is 1.63. The number of hydrogen-bond donors (Lipinski definition) is 1. The molecule has 0 atom stereocenters. The molecule has 106 valence electrons. The fraction of sp³-hybridized carbons (Fsp3) is 0.583. The van der Waals surface area contributed by atoms with Crippen LogP contribution >= 0.6 is 0 Å². The average Bonchev–Trinajstić information content (AvgIpc) is 2.28. The Hall–Kier alpha value is -1.79. The van der Waals surface area contributed by atoms with Crippen molar-refractivity contribution in [1.82, 2.24) is 9.55 Å². The average molecular weight is 274 g/mol. The van der Waals surface area contributed by atoms with Gasteiger partial charge in [0.1, 0.15) is 5.56 Å². The van der Waals surface area contributed by atoms with Crippen molar-refractivity contribution in [2.45, 2.75) is 39.7 Å². The standard InChI is InChI=1S/C12H16F2N2O3/c1-7(2)3-4-8-10(12(18)19)11(17)16(6-15-8)5-9(13)14/h6-7,9H,3-5H2,1-2H3,(H,18,19). The highest BCUT2D eigenvalue weighted by molar-refractivity contribution is 5.88. The van der Waals surface area contributed by atoms with Gasteiger partial charge in [-0.15, -0.1) is 0 Å². The number of nitrogens with zero attached hydrogens (tertiary/aromatic N) is 2. The van der Waals surface area contributed by atoms with Crippen LogP contribution in [0.15, 0.2) is 11.1 Å². The molecule has 1 N–H and O–H groups in total. The van der Waals surface area contributed by atoms with E-state index in [0.29, 0.717) is 23.3 Å². The van der Waals surface area contributed by atoms with Gasteiger partial charge < -0.3 is 5.11 Å². The number of aromatic nitrogens is 2. The van der Waals surface area contributed by atoms with E-state index >= 15 is 0 Å². The van der Waals surface area contributed by atoms with Crippen LogP contribution in [0.5, 0.6) is 0 Å². The van der Waals surface area contributed by atoms with E-state index in [2.05, 4.69) is 4.98 Å². The lowest BCUT2D eigenvalue weighted by Gasteiger charge is -2.10.